The molecule has 1 heteroatoms. The van der Waals surface area contributed by atoms with E-state index >= 15 is 0 Å². The van der Waals surface area contributed by atoms with Crippen LogP contribution in [-0.4, -0.2) is 0 Å². The molecule has 2 aromatic carbocycles. The van der Waals surface area contributed by atoms with Crippen molar-refractivity contribution >= 4 is 5.69 Å². The van der Waals surface area contributed by atoms with Gasteiger partial charge in [-0.2, -0.15) is 0 Å². The lowest BCUT2D eigenvalue weighted by Crippen LogP contribution is -2.31. The maximum Gasteiger partial charge on any atom is 0.0570 e. The summed E-state index contributed by atoms with van der Waals surface area (Å²) in [5.74, 6) is 6.67. The first kappa shape index (κ1) is 15.4. The summed E-state index contributed by atoms with van der Waals surface area (Å²) in [4.78, 5) is 2.34. The minimum atomic E-state index is 0.0503. The van der Waals surface area contributed by atoms with Crippen LogP contribution < -0.4 is 4.90 Å². The SMILES string of the molecule is C=C(N1Cc2ccccc2C#Cc2ccccc21)C(C)(C)CC. The molecule has 0 saturated heterocycles. The summed E-state index contributed by atoms with van der Waals surface area (Å²) in [5.41, 5.74) is 5.77. The molecule has 0 fully saturated rings. The number of hydrogen-bond acceptors (Lipinski definition) is 1. The van der Waals surface area contributed by atoms with Gasteiger partial charge in [-0.3, -0.25) is 0 Å². The second-order valence-corrected chi connectivity index (χ2v) is 6.69. The summed E-state index contributed by atoms with van der Waals surface area (Å²) in [5, 5.41) is 0. The summed E-state index contributed by atoms with van der Waals surface area (Å²) in [7, 11) is 0. The number of hydrogen-bond donors (Lipinski definition) is 0. The third-order valence-electron chi connectivity index (χ3n) is 4.86. The molecule has 0 spiro atoms. The molecule has 0 aliphatic carbocycles. The first-order valence-corrected chi connectivity index (χ1v) is 8.19. The molecule has 23 heavy (non-hydrogen) atoms. The van der Waals surface area contributed by atoms with E-state index in [2.05, 4.69) is 86.6 Å². The van der Waals surface area contributed by atoms with Gasteiger partial charge in [-0.05, 0) is 30.2 Å². The molecule has 1 nitrogen and oxygen atoms in total. The highest BCUT2D eigenvalue weighted by atomic mass is 15.2. The molecule has 0 unspecified atom stereocenters. The molecule has 3 rings (SSSR count). The van der Waals surface area contributed by atoms with E-state index in [0.717, 1.165) is 35.5 Å². The fourth-order valence-electron chi connectivity index (χ4n) is 2.80. The van der Waals surface area contributed by atoms with Gasteiger partial charge in [-0.25, -0.2) is 0 Å². The Labute approximate surface area is 139 Å². The van der Waals surface area contributed by atoms with Crippen LogP contribution in [0.25, 0.3) is 0 Å². The Morgan fingerprint density at radius 2 is 1.65 bits per heavy atom. The van der Waals surface area contributed by atoms with Gasteiger partial charge in [0.15, 0.2) is 0 Å². The number of fused-ring (bicyclic) bond motifs is 2. The Kier molecular flexibility index (Phi) is 4.01. The molecule has 0 radical (unpaired) electrons. The van der Waals surface area contributed by atoms with Crippen molar-refractivity contribution in [3.8, 4) is 11.8 Å². The highest BCUT2D eigenvalue weighted by Gasteiger charge is 2.27. The minimum Gasteiger partial charge on any atom is -0.340 e. The van der Waals surface area contributed by atoms with E-state index in [1.165, 1.54) is 5.56 Å². The number of allylic oxidation sites excluding steroid dienone is 1. The third kappa shape index (κ3) is 2.90. The number of nitrogens with zero attached hydrogens (tertiary/aromatic N) is 1. The van der Waals surface area contributed by atoms with Gasteiger partial charge in [0.25, 0.3) is 0 Å². The average molecular weight is 301 g/mol. The first-order chi connectivity index (χ1) is 11.0. The maximum atomic E-state index is 4.44. The quantitative estimate of drug-likeness (QED) is 0.690. The molecule has 0 N–H and O–H groups in total. The molecular weight excluding hydrogens is 278 g/mol. The standard InChI is InChI=1S/C22H23N/c1-5-22(3,4)17(2)23-16-20-12-7-6-10-18(20)14-15-19-11-8-9-13-21(19)23/h6-13H,2,5,16H2,1,3-4H3. The van der Waals surface area contributed by atoms with E-state index in [1.54, 1.807) is 0 Å². The van der Waals surface area contributed by atoms with Crippen LogP contribution in [0.3, 0.4) is 0 Å². The fourth-order valence-corrected chi connectivity index (χ4v) is 2.80. The van der Waals surface area contributed by atoms with Gasteiger partial charge >= 0.3 is 0 Å². The normalized spacial score (nSPS) is 13.1. The van der Waals surface area contributed by atoms with E-state index in [4.69, 9.17) is 0 Å². The lowest BCUT2D eigenvalue weighted by molar-refractivity contribution is 0.415. The number of anilines is 1. The molecule has 1 aliphatic rings. The second-order valence-electron chi connectivity index (χ2n) is 6.69. The number of rotatable bonds is 3. The van der Waals surface area contributed by atoms with Crippen molar-refractivity contribution in [2.75, 3.05) is 4.90 Å². The largest absolute Gasteiger partial charge is 0.340 e. The van der Waals surface area contributed by atoms with Crippen molar-refractivity contribution in [3.63, 3.8) is 0 Å². The third-order valence-corrected chi connectivity index (χ3v) is 4.86. The summed E-state index contributed by atoms with van der Waals surface area (Å²) in [6, 6.07) is 16.8. The Morgan fingerprint density at radius 3 is 2.39 bits per heavy atom. The Hall–Kier alpha value is -2.46. The lowest BCUT2D eigenvalue weighted by atomic mass is 9.85. The van der Waals surface area contributed by atoms with E-state index in [9.17, 15) is 0 Å². The molecule has 0 saturated carbocycles. The van der Waals surface area contributed by atoms with Crippen LogP contribution in [0.2, 0.25) is 0 Å². The van der Waals surface area contributed by atoms with Crippen LogP contribution in [0.1, 0.15) is 43.9 Å². The summed E-state index contributed by atoms with van der Waals surface area (Å²) < 4.78 is 0. The van der Waals surface area contributed by atoms with Gasteiger partial charge in [-0.1, -0.05) is 69.5 Å². The van der Waals surface area contributed by atoms with Gasteiger partial charge in [-0.15, -0.1) is 0 Å². The molecule has 1 heterocycles. The molecule has 0 bridgehead atoms. The van der Waals surface area contributed by atoms with Gasteiger partial charge in [0.05, 0.1) is 5.69 Å². The Morgan fingerprint density at radius 1 is 1.04 bits per heavy atom. The zero-order valence-corrected chi connectivity index (χ0v) is 14.2. The van der Waals surface area contributed by atoms with E-state index in [-0.39, 0.29) is 5.41 Å². The van der Waals surface area contributed by atoms with Crippen molar-refractivity contribution < 1.29 is 0 Å². The summed E-state index contributed by atoms with van der Waals surface area (Å²) in [6.45, 7) is 12.0. The second kappa shape index (κ2) is 5.97. The maximum absolute atomic E-state index is 4.44. The van der Waals surface area contributed by atoms with Crippen molar-refractivity contribution in [2.45, 2.75) is 33.7 Å². The average Bonchev–Trinajstić information content (AvgIpc) is 2.56. The van der Waals surface area contributed by atoms with E-state index < -0.39 is 0 Å². The number of benzene rings is 2. The zero-order chi connectivity index (χ0) is 16.4. The van der Waals surface area contributed by atoms with E-state index in [0.29, 0.717) is 0 Å². The zero-order valence-electron chi connectivity index (χ0n) is 14.2. The van der Waals surface area contributed by atoms with Crippen LogP contribution in [0.5, 0.6) is 0 Å². The van der Waals surface area contributed by atoms with Crippen LogP contribution in [0.15, 0.2) is 60.8 Å². The predicted molar refractivity (Wildman–Crippen MR) is 98.3 cm³/mol. The Bertz CT molecular complexity index is 802. The van der Waals surface area contributed by atoms with Crippen molar-refractivity contribution in [1.82, 2.24) is 0 Å². The van der Waals surface area contributed by atoms with Gasteiger partial charge in [0.1, 0.15) is 0 Å². The van der Waals surface area contributed by atoms with Crippen molar-refractivity contribution in [1.29, 1.82) is 0 Å². The van der Waals surface area contributed by atoms with Crippen LogP contribution in [-0.2, 0) is 6.54 Å². The summed E-state index contributed by atoms with van der Waals surface area (Å²) >= 11 is 0. The van der Waals surface area contributed by atoms with Crippen molar-refractivity contribution in [3.05, 3.63) is 77.5 Å². The molecule has 0 aromatic heterocycles. The van der Waals surface area contributed by atoms with Gasteiger partial charge in [0.2, 0.25) is 0 Å². The monoisotopic (exact) mass is 301 g/mol. The molecule has 116 valence electrons. The highest BCUT2D eigenvalue weighted by Crippen LogP contribution is 2.37. The fraction of sp³-hybridized carbons (Fsp3) is 0.273. The summed E-state index contributed by atoms with van der Waals surface area (Å²) in [6.07, 6.45) is 1.05. The highest BCUT2D eigenvalue weighted by molar-refractivity contribution is 5.67. The lowest BCUT2D eigenvalue weighted by Gasteiger charge is -2.37. The molecule has 2 aromatic rings. The molecule has 1 aliphatic heterocycles. The number of para-hydroxylation sites is 1. The molecular formula is C22H23N. The van der Waals surface area contributed by atoms with Crippen LogP contribution >= 0.6 is 0 Å². The van der Waals surface area contributed by atoms with E-state index in [1.807, 2.05) is 6.07 Å². The smallest absolute Gasteiger partial charge is 0.0570 e. The van der Waals surface area contributed by atoms with Gasteiger partial charge in [0, 0.05) is 28.8 Å². The molecule has 0 amide bonds. The topological polar surface area (TPSA) is 3.24 Å². The van der Waals surface area contributed by atoms with Crippen LogP contribution in [0, 0.1) is 17.3 Å². The first-order valence-electron chi connectivity index (χ1n) is 8.19. The predicted octanol–water partition coefficient (Wildman–Crippen LogP) is 5.36. The minimum absolute atomic E-state index is 0.0503. The van der Waals surface area contributed by atoms with Crippen molar-refractivity contribution in [2.24, 2.45) is 5.41 Å². The van der Waals surface area contributed by atoms with Gasteiger partial charge < -0.3 is 4.90 Å². The molecule has 0 atom stereocenters. The van der Waals surface area contributed by atoms with Crippen LogP contribution in [0.4, 0.5) is 5.69 Å². The Balaban J connectivity index is 2.17.